The molecule has 1 aromatic rings. The Balaban J connectivity index is 2.76. The van der Waals surface area contributed by atoms with Gasteiger partial charge in [0.25, 0.3) is 0 Å². The lowest BCUT2D eigenvalue weighted by Crippen LogP contribution is -2.34. The fourth-order valence-electron chi connectivity index (χ4n) is 1.89. The van der Waals surface area contributed by atoms with Crippen LogP contribution in [-0.2, 0) is 14.6 Å². The van der Waals surface area contributed by atoms with Gasteiger partial charge >= 0.3 is 5.97 Å². The summed E-state index contributed by atoms with van der Waals surface area (Å²) in [4.78, 5) is 11.2. The van der Waals surface area contributed by atoms with Crippen LogP contribution in [0.5, 0.6) is 0 Å². The topological polar surface area (TPSA) is 83.5 Å². The van der Waals surface area contributed by atoms with Crippen LogP contribution in [0.4, 0.5) is 5.69 Å². The van der Waals surface area contributed by atoms with E-state index in [0.717, 1.165) is 5.69 Å². The largest absolute Gasteiger partial charge is 0.481 e. The molecule has 0 spiro atoms. The molecule has 0 aliphatic heterocycles. The number of rotatable bonds is 9. The number of hydrogen-bond acceptors (Lipinski definition) is 4. The van der Waals surface area contributed by atoms with Gasteiger partial charge < -0.3 is 10.4 Å². The molecule has 118 valence electrons. The van der Waals surface area contributed by atoms with Gasteiger partial charge in [-0.15, -0.1) is 11.6 Å². The Morgan fingerprint density at radius 2 is 1.90 bits per heavy atom. The third kappa shape index (κ3) is 6.35. The lowest BCUT2D eigenvalue weighted by molar-refractivity contribution is -0.141. The third-order valence-corrected chi connectivity index (χ3v) is 5.34. The molecule has 2 N–H and O–H groups in total. The smallest absolute Gasteiger partial charge is 0.308 e. The van der Waals surface area contributed by atoms with Crippen LogP contribution < -0.4 is 5.32 Å². The summed E-state index contributed by atoms with van der Waals surface area (Å²) in [5.41, 5.74) is 0.769. The molecule has 7 heteroatoms. The summed E-state index contributed by atoms with van der Waals surface area (Å²) in [5, 5.41) is 12.2. The molecular formula is C14H20ClNO4S. The van der Waals surface area contributed by atoms with Gasteiger partial charge in [0, 0.05) is 17.6 Å². The monoisotopic (exact) mass is 333 g/mol. The zero-order valence-corrected chi connectivity index (χ0v) is 13.4. The van der Waals surface area contributed by atoms with Crippen molar-refractivity contribution in [2.75, 3.05) is 22.7 Å². The second-order valence-electron chi connectivity index (χ2n) is 4.87. The number of para-hydroxylation sites is 1. The van der Waals surface area contributed by atoms with Crippen LogP contribution >= 0.6 is 11.6 Å². The number of hydrogen-bond donors (Lipinski definition) is 2. The maximum atomic E-state index is 11.7. The highest BCUT2D eigenvalue weighted by Crippen LogP contribution is 2.16. The number of halogens is 1. The lowest BCUT2D eigenvalue weighted by Gasteiger charge is -2.23. The van der Waals surface area contributed by atoms with Crippen LogP contribution in [-0.4, -0.2) is 42.9 Å². The molecule has 0 radical (unpaired) electrons. The summed E-state index contributed by atoms with van der Waals surface area (Å²) in [7, 11) is -3.24. The van der Waals surface area contributed by atoms with Crippen molar-refractivity contribution in [2.24, 2.45) is 5.92 Å². The van der Waals surface area contributed by atoms with Crippen molar-refractivity contribution in [3.8, 4) is 0 Å². The Kier molecular flexibility index (Phi) is 6.98. The molecule has 1 aromatic carbocycles. The van der Waals surface area contributed by atoms with E-state index < -0.39 is 27.8 Å². The Morgan fingerprint density at radius 1 is 1.29 bits per heavy atom. The first-order valence-electron chi connectivity index (χ1n) is 6.66. The molecule has 0 heterocycles. The van der Waals surface area contributed by atoms with Gasteiger partial charge in [0.05, 0.1) is 17.4 Å². The van der Waals surface area contributed by atoms with Gasteiger partial charge in [0.2, 0.25) is 0 Å². The summed E-state index contributed by atoms with van der Waals surface area (Å²) < 4.78 is 23.4. The Hall–Kier alpha value is -1.27. The van der Waals surface area contributed by atoms with Gasteiger partial charge in [-0.1, -0.05) is 18.2 Å². The van der Waals surface area contributed by atoms with Gasteiger partial charge in [-0.05, 0) is 25.5 Å². The number of carbonyl (C=O) groups is 1. The number of carboxylic acid groups (broad SMARTS) is 1. The molecule has 0 bridgehead atoms. The second-order valence-corrected chi connectivity index (χ2v) is 7.55. The number of anilines is 1. The number of aliphatic carboxylic acids is 1. The van der Waals surface area contributed by atoms with Gasteiger partial charge in [-0.25, -0.2) is 8.42 Å². The molecule has 0 saturated carbocycles. The van der Waals surface area contributed by atoms with E-state index in [1.807, 2.05) is 30.3 Å². The molecule has 0 amide bonds. The summed E-state index contributed by atoms with van der Waals surface area (Å²) in [5.74, 6) is -1.78. The van der Waals surface area contributed by atoms with E-state index in [9.17, 15) is 13.2 Å². The SMILES string of the molecule is CC(C(=O)O)C(CCS(=O)(=O)CCCl)Nc1ccccc1. The minimum absolute atomic E-state index is 0.0492. The maximum Gasteiger partial charge on any atom is 0.308 e. The third-order valence-electron chi connectivity index (χ3n) is 3.25. The maximum absolute atomic E-state index is 11.7. The summed E-state index contributed by atoms with van der Waals surface area (Å²) in [6, 6.07) is 8.68. The van der Waals surface area contributed by atoms with Gasteiger partial charge in [0.15, 0.2) is 9.84 Å². The van der Waals surface area contributed by atoms with Crippen molar-refractivity contribution >= 4 is 33.1 Å². The molecule has 2 atom stereocenters. The zero-order valence-electron chi connectivity index (χ0n) is 11.8. The van der Waals surface area contributed by atoms with Crippen molar-refractivity contribution in [1.82, 2.24) is 0 Å². The van der Waals surface area contributed by atoms with E-state index in [1.54, 1.807) is 6.92 Å². The minimum atomic E-state index is -3.24. The minimum Gasteiger partial charge on any atom is -0.481 e. The van der Waals surface area contributed by atoms with Crippen LogP contribution in [0.15, 0.2) is 30.3 Å². The standard InChI is InChI=1S/C14H20ClNO4S/c1-11(14(17)18)13(7-9-21(19,20)10-8-15)16-12-5-3-2-4-6-12/h2-6,11,13,16H,7-10H2,1H3,(H,17,18). The first-order chi connectivity index (χ1) is 9.85. The van der Waals surface area contributed by atoms with Crippen molar-refractivity contribution in [2.45, 2.75) is 19.4 Å². The predicted octanol–water partition coefficient (Wildman–Crippen LogP) is 2.23. The predicted molar refractivity (Wildman–Crippen MR) is 84.6 cm³/mol. The number of carboxylic acids is 1. The quantitative estimate of drug-likeness (QED) is 0.677. The number of sulfone groups is 1. The highest BCUT2D eigenvalue weighted by atomic mass is 35.5. The fraction of sp³-hybridized carbons (Fsp3) is 0.500. The van der Waals surface area contributed by atoms with E-state index in [4.69, 9.17) is 16.7 Å². The average molecular weight is 334 g/mol. The normalized spacial score (nSPS) is 14.4. The summed E-state index contributed by atoms with van der Waals surface area (Å²) in [6.45, 7) is 1.57. The molecule has 0 aliphatic rings. The highest BCUT2D eigenvalue weighted by Gasteiger charge is 2.25. The van der Waals surface area contributed by atoms with Crippen molar-refractivity contribution in [1.29, 1.82) is 0 Å². The van der Waals surface area contributed by atoms with Crippen LogP contribution in [0.25, 0.3) is 0 Å². The van der Waals surface area contributed by atoms with Crippen LogP contribution in [0.1, 0.15) is 13.3 Å². The first kappa shape index (κ1) is 17.8. The highest BCUT2D eigenvalue weighted by molar-refractivity contribution is 7.91. The molecule has 2 unspecified atom stereocenters. The average Bonchev–Trinajstić information content (AvgIpc) is 2.43. The lowest BCUT2D eigenvalue weighted by atomic mass is 9.99. The number of alkyl halides is 1. The Labute approximate surface area is 130 Å². The van der Waals surface area contributed by atoms with Crippen molar-refractivity contribution in [3.63, 3.8) is 0 Å². The van der Waals surface area contributed by atoms with E-state index in [-0.39, 0.29) is 23.8 Å². The Bertz CT molecular complexity index is 547. The van der Waals surface area contributed by atoms with Crippen LogP contribution in [0.2, 0.25) is 0 Å². The molecule has 5 nitrogen and oxygen atoms in total. The van der Waals surface area contributed by atoms with E-state index in [1.165, 1.54) is 0 Å². The molecule has 0 aliphatic carbocycles. The number of nitrogens with one attached hydrogen (secondary N) is 1. The van der Waals surface area contributed by atoms with E-state index in [2.05, 4.69) is 5.32 Å². The van der Waals surface area contributed by atoms with Gasteiger partial charge in [-0.2, -0.15) is 0 Å². The molecular weight excluding hydrogens is 314 g/mol. The van der Waals surface area contributed by atoms with E-state index in [0.29, 0.717) is 0 Å². The molecule has 1 rings (SSSR count). The summed E-state index contributed by atoms with van der Waals surface area (Å²) in [6.07, 6.45) is 0.224. The van der Waals surface area contributed by atoms with Crippen LogP contribution in [0, 0.1) is 5.92 Å². The Morgan fingerprint density at radius 3 is 2.43 bits per heavy atom. The zero-order chi connectivity index (χ0) is 15.9. The molecule has 21 heavy (non-hydrogen) atoms. The second kappa shape index (κ2) is 8.24. The van der Waals surface area contributed by atoms with Crippen LogP contribution in [0.3, 0.4) is 0 Å². The first-order valence-corrected chi connectivity index (χ1v) is 9.02. The number of benzene rings is 1. The van der Waals surface area contributed by atoms with Gasteiger partial charge in [0.1, 0.15) is 0 Å². The van der Waals surface area contributed by atoms with Gasteiger partial charge in [-0.3, -0.25) is 4.79 Å². The fourth-order valence-corrected chi connectivity index (χ4v) is 3.65. The van der Waals surface area contributed by atoms with E-state index >= 15 is 0 Å². The molecule has 0 fully saturated rings. The summed E-state index contributed by atoms with van der Waals surface area (Å²) >= 11 is 5.46. The van der Waals surface area contributed by atoms with Crippen molar-refractivity contribution in [3.05, 3.63) is 30.3 Å². The molecule has 0 saturated heterocycles. The van der Waals surface area contributed by atoms with Crippen molar-refractivity contribution < 1.29 is 18.3 Å². The molecule has 0 aromatic heterocycles.